The molecule has 19 heavy (non-hydrogen) atoms. The van der Waals surface area contributed by atoms with Gasteiger partial charge in [0.25, 0.3) is 0 Å². The predicted octanol–water partition coefficient (Wildman–Crippen LogP) is 4.24. The molecule has 0 unspecified atom stereocenters. The lowest BCUT2D eigenvalue weighted by Gasteiger charge is -2.23. The Morgan fingerprint density at radius 1 is 0.684 bits per heavy atom. The molecule has 0 fully saturated rings. The van der Waals surface area contributed by atoms with Crippen LogP contribution in [0.4, 0.5) is 0 Å². The molecule has 0 radical (unpaired) electrons. The second-order valence-corrected chi connectivity index (χ2v) is 8.22. The van der Waals surface area contributed by atoms with Gasteiger partial charge >= 0.3 is 0 Å². The molecular formula is C16H14OS2. The smallest absolute Gasteiger partial charge is 0.0752 e. The summed E-state index contributed by atoms with van der Waals surface area (Å²) >= 11 is 1.56. The Morgan fingerprint density at radius 3 is 1.63 bits per heavy atom. The van der Waals surface area contributed by atoms with Crippen molar-refractivity contribution in [3.63, 3.8) is 0 Å². The van der Waals surface area contributed by atoms with E-state index in [0.717, 1.165) is 14.0 Å². The number of hydrogen-bond donors (Lipinski definition) is 1. The number of hydrogen-bond acceptors (Lipinski definition) is 2. The molecule has 0 N–H and O–H groups in total. The Bertz CT molecular complexity index is 645. The summed E-state index contributed by atoms with van der Waals surface area (Å²) in [6.45, 7) is 0. The molecule has 0 atom stereocenters. The predicted molar refractivity (Wildman–Crippen MR) is 81.5 cm³/mol. The van der Waals surface area contributed by atoms with Crippen LogP contribution in [0.1, 0.15) is 0 Å². The summed E-state index contributed by atoms with van der Waals surface area (Å²) in [5.41, 5.74) is 0. The average molecular weight is 286 g/mol. The van der Waals surface area contributed by atoms with Crippen LogP contribution < -0.4 is 0 Å². The van der Waals surface area contributed by atoms with E-state index in [1.807, 2.05) is 78.2 Å². The van der Waals surface area contributed by atoms with Crippen molar-refractivity contribution in [1.82, 2.24) is 0 Å². The molecule has 96 valence electrons. The van der Waals surface area contributed by atoms with E-state index in [1.165, 1.54) is 0 Å². The second-order valence-electron chi connectivity index (χ2n) is 4.23. The Labute approximate surface area is 118 Å². The fourth-order valence-corrected chi connectivity index (χ4v) is 6.28. The van der Waals surface area contributed by atoms with Crippen LogP contribution in [-0.2, 0) is 9.93 Å². The first kappa shape index (κ1) is 12.3. The van der Waals surface area contributed by atoms with E-state index in [0.29, 0.717) is 0 Å². The molecule has 2 aromatic carbocycles. The van der Waals surface area contributed by atoms with Gasteiger partial charge in [-0.2, -0.15) is 0 Å². The van der Waals surface area contributed by atoms with Crippen molar-refractivity contribution in [2.45, 2.75) is 14.0 Å². The second kappa shape index (κ2) is 5.11. The number of thiol groups is 1. The number of benzene rings is 2. The minimum absolute atomic E-state index is 0.892. The standard InChI is InChI=1S/C16H14OS2/c17-19(16-12-7-13-18-16,14-8-3-1-4-9-14)15-10-5-2-6-11-15/h1-13,19H. The molecule has 0 aliphatic heterocycles. The highest BCUT2D eigenvalue weighted by Gasteiger charge is 2.23. The van der Waals surface area contributed by atoms with Gasteiger partial charge in [-0.3, -0.25) is 4.21 Å². The molecule has 3 heteroatoms. The quantitative estimate of drug-likeness (QED) is 0.713. The van der Waals surface area contributed by atoms with Gasteiger partial charge in [0.1, 0.15) is 0 Å². The van der Waals surface area contributed by atoms with Crippen LogP contribution in [0.5, 0.6) is 0 Å². The van der Waals surface area contributed by atoms with Crippen LogP contribution in [0.25, 0.3) is 0 Å². The van der Waals surface area contributed by atoms with Crippen LogP contribution in [-0.4, -0.2) is 4.21 Å². The van der Waals surface area contributed by atoms with Gasteiger partial charge in [0.15, 0.2) is 0 Å². The lowest BCUT2D eigenvalue weighted by Crippen LogP contribution is -2.12. The van der Waals surface area contributed by atoms with E-state index in [4.69, 9.17) is 0 Å². The van der Waals surface area contributed by atoms with Gasteiger partial charge in [0.2, 0.25) is 0 Å². The summed E-state index contributed by atoms with van der Waals surface area (Å²) in [5.74, 6) is 0. The van der Waals surface area contributed by atoms with Gasteiger partial charge in [-0.25, -0.2) is 0 Å². The lowest BCUT2D eigenvalue weighted by molar-refractivity contribution is 0.671. The third-order valence-electron chi connectivity index (χ3n) is 3.06. The zero-order valence-electron chi connectivity index (χ0n) is 10.3. The fourth-order valence-electron chi connectivity index (χ4n) is 2.13. The molecule has 1 aromatic heterocycles. The molecule has 0 aliphatic carbocycles. The summed E-state index contributed by atoms with van der Waals surface area (Å²) < 4.78 is 14.6. The van der Waals surface area contributed by atoms with E-state index in [1.54, 1.807) is 11.3 Å². The SMILES string of the molecule is O=[SH](c1ccccc1)(c1ccccc1)c1cccs1. The Kier molecular flexibility index (Phi) is 3.32. The van der Waals surface area contributed by atoms with Gasteiger partial charge in [0, 0.05) is 9.79 Å². The summed E-state index contributed by atoms with van der Waals surface area (Å²) in [4.78, 5) is 1.78. The molecule has 0 saturated heterocycles. The molecule has 3 rings (SSSR count). The Balaban J connectivity index is 2.26. The molecule has 0 amide bonds. The summed E-state index contributed by atoms with van der Waals surface area (Å²) in [7, 11) is -2.71. The van der Waals surface area contributed by atoms with Gasteiger partial charge in [-0.15, -0.1) is 11.3 Å². The highest BCUT2D eigenvalue weighted by atomic mass is 32.3. The Hall–Kier alpha value is -1.71. The van der Waals surface area contributed by atoms with Crippen LogP contribution >= 0.6 is 11.3 Å². The molecule has 1 nitrogen and oxygen atoms in total. The first-order valence-electron chi connectivity index (χ1n) is 6.07. The largest absolute Gasteiger partial charge is 0.271 e. The van der Waals surface area contributed by atoms with Crippen LogP contribution in [0.15, 0.2) is 92.2 Å². The molecule has 0 bridgehead atoms. The van der Waals surface area contributed by atoms with Gasteiger partial charge in [0.05, 0.1) is 4.21 Å². The molecule has 0 saturated carbocycles. The van der Waals surface area contributed by atoms with Gasteiger partial charge in [-0.05, 0) is 45.6 Å². The molecular weight excluding hydrogens is 272 g/mol. The van der Waals surface area contributed by atoms with Crippen LogP contribution in [0.3, 0.4) is 0 Å². The summed E-state index contributed by atoms with van der Waals surface area (Å²) in [5, 5.41) is 1.98. The van der Waals surface area contributed by atoms with Crippen LogP contribution in [0, 0.1) is 0 Å². The first-order chi connectivity index (χ1) is 9.32. The van der Waals surface area contributed by atoms with Crippen LogP contribution in [0.2, 0.25) is 0 Å². The maximum atomic E-state index is 13.7. The summed E-state index contributed by atoms with van der Waals surface area (Å²) in [6, 6.07) is 23.4. The van der Waals surface area contributed by atoms with Crippen molar-refractivity contribution in [2.24, 2.45) is 0 Å². The number of rotatable bonds is 3. The molecule has 1 heterocycles. The van der Waals surface area contributed by atoms with Gasteiger partial charge in [-0.1, -0.05) is 42.5 Å². The fraction of sp³-hybridized carbons (Fsp3) is 0. The van der Waals surface area contributed by atoms with Gasteiger partial charge < -0.3 is 0 Å². The van der Waals surface area contributed by atoms with Crippen molar-refractivity contribution in [1.29, 1.82) is 0 Å². The third-order valence-corrected chi connectivity index (χ3v) is 7.63. The molecule has 0 spiro atoms. The van der Waals surface area contributed by atoms with Crippen molar-refractivity contribution < 1.29 is 4.21 Å². The van der Waals surface area contributed by atoms with Crippen molar-refractivity contribution in [2.75, 3.05) is 0 Å². The number of thiophene rings is 1. The third kappa shape index (κ3) is 2.15. The minimum Gasteiger partial charge on any atom is -0.271 e. The topological polar surface area (TPSA) is 17.1 Å². The average Bonchev–Trinajstić information content (AvgIpc) is 3.03. The highest BCUT2D eigenvalue weighted by molar-refractivity contribution is 8.04. The highest BCUT2D eigenvalue weighted by Crippen LogP contribution is 2.38. The van der Waals surface area contributed by atoms with E-state index in [9.17, 15) is 4.21 Å². The monoisotopic (exact) mass is 286 g/mol. The van der Waals surface area contributed by atoms with E-state index in [-0.39, 0.29) is 0 Å². The molecule has 3 aromatic rings. The zero-order chi connectivity index (χ0) is 13.1. The zero-order valence-corrected chi connectivity index (χ0v) is 12.0. The first-order valence-corrected chi connectivity index (χ1v) is 8.66. The van der Waals surface area contributed by atoms with Crippen molar-refractivity contribution in [3.05, 3.63) is 78.2 Å². The van der Waals surface area contributed by atoms with E-state index >= 15 is 0 Å². The summed E-state index contributed by atoms with van der Waals surface area (Å²) in [6.07, 6.45) is 0. The lowest BCUT2D eigenvalue weighted by atomic mass is 10.4. The van der Waals surface area contributed by atoms with E-state index < -0.39 is 9.93 Å². The maximum Gasteiger partial charge on any atom is 0.0752 e. The maximum absolute atomic E-state index is 13.7. The molecule has 0 aliphatic rings. The van der Waals surface area contributed by atoms with Crippen molar-refractivity contribution >= 4 is 21.3 Å². The minimum atomic E-state index is -2.71. The Morgan fingerprint density at radius 2 is 1.21 bits per heavy atom. The normalized spacial score (nSPS) is 12.2. The van der Waals surface area contributed by atoms with Crippen molar-refractivity contribution in [3.8, 4) is 0 Å². The van der Waals surface area contributed by atoms with E-state index in [2.05, 4.69) is 0 Å².